The van der Waals surface area contributed by atoms with Crippen LogP contribution in [-0.2, 0) is 0 Å². The SMILES string of the molecule is Cc1ccncc1-c1ccnc(C(=O)Nc2ccc(F)cn2)c1F. The fraction of sp³-hybridized carbons (Fsp3) is 0.0588. The van der Waals surface area contributed by atoms with Gasteiger partial charge in [0.1, 0.15) is 11.6 Å². The number of rotatable bonds is 3. The predicted octanol–water partition coefficient (Wildman–Crippen LogP) is 3.38. The number of nitrogens with one attached hydrogen (secondary N) is 1. The molecule has 0 aliphatic carbocycles. The third kappa shape index (κ3) is 3.10. The lowest BCUT2D eigenvalue weighted by Gasteiger charge is -2.09. The van der Waals surface area contributed by atoms with Gasteiger partial charge in [-0.3, -0.25) is 9.78 Å². The average molecular weight is 326 g/mol. The highest BCUT2D eigenvalue weighted by Crippen LogP contribution is 2.26. The number of amides is 1. The molecule has 1 N–H and O–H groups in total. The summed E-state index contributed by atoms with van der Waals surface area (Å²) >= 11 is 0. The van der Waals surface area contributed by atoms with Crippen LogP contribution in [0, 0.1) is 18.6 Å². The molecule has 1 amide bonds. The minimum absolute atomic E-state index is 0.102. The second kappa shape index (κ2) is 6.49. The van der Waals surface area contributed by atoms with Crippen LogP contribution in [0.4, 0.5) is 14.6 Å². The summed E-state index contributed by atoms with van der Waals surface area (Å²) in [7, 11) is 0. The first-order chi connectivity index (χ1) is 11.6. The van der Waals surface area contributed by atoms with Gasteiger partial charge in [0.2, 0.25) is 0 Å². The van der Waals surface area contributed by atoms with Crippen LogP contribution in [0.15, 0.2) is 49.1 Å². The monoisotopic (exact) mass is 326 g/mol. The molecule has 0 saturated heterocycles. The molecular weight excluding hydrogens is 314 g/mol. The highest BCUT2D eigenvalue weighted by atomic mass is 19.1. The molecule has 7 heteroatoms. The molecule has 3 aromatic rings. The first kappa shape index (κ1) is 15.7. The van der Waals surface area contributed by atoms with E-state index in [1.54, 1.807) is 12.3 Å². The molecule has 0 fully saturated rings. The molecule has 0 bridgehead atoms. The number of aryl methyl sites for hydroxylation is 1. The zero-order valence-electron chi connectivity index (χ0n) is 12.6. The summed E-state index contributed by atoms with van der Waals surface area (Å²) in [4.78, 5) is 23.7. The summed E-state index contributed by atoms with van der Waals surface area (Å²) in [6.45, 7) is 1.82. The van der Waals surface area contributed by atoms with Crippen molar-refractivity contribution in [1.82, 2.24) is 15.0 Å². The molecule has 0 aliphatic heterocycles. The average Bonchev–Trinajstić information content (AvgIpc) is 2.58. The van der Waals surface area contributed by atoms with Crippen LogP contribution in [0.25, 0.3) is 11.1 Å². The highest BCUT2D eigenvalue weighted by Gasteiger charge is 2.19. The summed E-state index contributed by atoms with van der Waals surface area (Å²) in [5.41, 5.74) is 1.25. The number of hydrogen-bond donors (Lipinski definition) is 1. The number of pyridine rings is 3. The third-order valence-electron chi connectivity index (χ3n) is 3.40. The van der Waals surface area contributed by atoms with Crippen LogP contribution in [0.3, 0.4) is 0 Å². The number of aromatic nitrogens is 3. The van der Waals surface area contributed by atoms with Crippen molar-refractivity contribution in [2.75, 3.05) is 5.32 Å². The van der Waals surface area contributed by atoms with Crippen LogP contribution in [0.1, 0.15) is 16.1 Å². The number of nitrogens with zero attached hydrogens (tertiary/aromatic N) is 3. The lowest BCUT2D eigenvalue weighted by Crippen LogP contribution is -2.17. The maximum absolute atomic E-state index is 14.7. The normalized spacial score (nSPS) is 10.5. The first-order valence-electron chi connectivity index (χ1n) is 7.04. The fourth-order valence-electron chi connectivity index (χ4n) is 2.18. The lowest BCUT2D eigenvalue weighted by atomic mass is 10.0. The number of carbonyl (C=O) groups excluding carboxylic acids is 1. The molecule has 3 heterocycles. The van der Waals surface area contributed by atoms with Gasteiger partial charge >= 0.3 is 0 Å². The summed E-state index contributed by atoms with van der Waals surface area (Å²) in [6.07, 6.45) is 5.43. The van der Waals surface area contributed by atoms with Crippen molar-refractivity contribution >= 4 is 11.7 Å². The Hall–Kier alpha value is -3.22. The van der Waals surface area contributed by atoms with Crippen molar-refractivity contribution in [2.45, 2.75) is 6.92 Å². The minimum Gasteiger partial charge on any atom is -0.305 e. The molecule has 0 spiro atoms. The number of carbonyl (C=O) groups is 1. The summed E-state index contributed by atoms with van der Waals surface area (Å²) in [5, 5.41) is 2.38. The third-order valence-corrected chi connectivity index (χ3v) is 3.40. The molecule has 120 valence electrons. The molecule has 0 saturated carbocycles. The molecule has 24 heavy (non-hydrogen) atoms. The van der Waals surface area contributed by atoms with Crippen LogP contribution in [0.2, 0.25) is 0 Å². The van der Waals surface area contributed by atoms with Gasteiger partial charge in [0.05, 0.1) is 6.20 Å². The van der Waals surface area contributed by atoms with Crippen molar-refractivity contribution in [1.29, 1.82) is 0 Å². The van der Waals surface area contributed by atoms with Crippen LogP contribution < -0.4 is 5.32 Å². The van der Waals surface area contributed by atoms with E-state index >= 15 is 0 Å². The van der Waals surface area contributed by atoms with Gasteiger partial charge in [-0.05, 0) is 36.8 Å². The van der Waals surface area contributed by atoms with E-state index in [2.05, 4.69) is 20.3 Å². The topological polar surface area (TPSA) is 67.8 Å². The molecule has 0 aliphatic rings. The minimum atomic E-state index is -0.769. The zero-order valence-corrected chi connectivity index (χ0v) is 12.6. The Morgan fingerprint density at radius 1 is 1.00 bits per heavy atom. The lowest BCUT2D eigenvalue weighted by molar-refractivity contribution is 0.101. The van der Waals surface area contributed by atoms with E-state index in [-0.39, 0.29) is 17.1 Å². The van der Waals surface area contributed by atoms with Gasteiger partial charge in [-0.25, -0.2) is 18.7 Å². The van der Waals surface area contributed by atoms with Gasteiger partial charge < -0.3 is 5.32 Å². The number of hydrogen-bond acceptors (Lipinski definition) is 4. The van der Waals surface area contributed by atoms with Crippen LogP contribution in [-0.4, -0.2) is 20.9 Å². The maximum atomic E-state index is 14.7. The quantitative estimate of drug-likeness (QED) is 0.801. The fourth-order valence-corrected chi connectivity index (χ4v) is 2.18. The molecular formula is C17H12F2N4O. The smallest absolute Gasteiger partial charge is 0.278 e. The van der Waals surface area contributed by atoms with Crippen molar-refractivity contribution in [3.8, 4) is 11.1 Å². The van der Waals surface area contributed by atoms with Gasteiger partial charge in [0, 0.05) is 29.7 Å². The van der Waals surface area contributed by atoms with E-state index in [0.29, 0.717) is 5.56 Å². The Morgan fingerprint density at radius 3 is 2.54 bits per heavy atom. The Labute approximate surface area is 136 Å². The standard InChI is InChI=1S/C17H12F2N4O/c1-10-4-6-20-9-13(10)12-5-7-21-16(15(12)19)17(24)23-14-3-2-11(18)8-22-14/h2-9H,1H3,(H,22,23,24). The van der Waals surface area contributed by atoms with E-state index in [1.807, 2.05) is 6.92 Å². The highest BCUT2D eigenvalue weighted by molar-refractivity contribution is 6.03. The summed E-state index contributed by atoms with van der Waals surface area (Å²) < 4.78 is 27.6. The Bertz CT molecular complexity index is 897. The van der Waals surface area contributed by atoms with Crippen molar-refractivity contribution in [3.63, 3.8) is 0 Å². The Kier molecular flexibility index (Phi) is 4.24. The second-order valence-corrected chi connectivity index (χ2v) is 5.03. The summed E-state index contributed by atoms with van der Waals surface area (Å²) in [5.74, 6) is -1.96. The molecule has 0 unspecified atom stereocenters. The maximum Gasteiger partial charge on any atom is 0.278 e. The predicted molar refractivity (Wildman–Crippen MR) is 84.3 cm³/mol. The van der Waals surface area contributed by atoms with Crippen molar-refractivity contribution in [3.05, 3.63) is 71.9 Å². The van der Waals surface area contributed by atoms with Gasteiger partial charge in [-0.2, -0.15) is 0 Å². The van der Waals surface area contributed by atoms with Gasteiger partial charge in [0.15, 0.2) is 11.5 Å². The van der Waals surface area contributed by atoms with Gasteiger partial charge in [0.25, 0.3) is 5.91 Å². The molecule has 0 aromatic carbocycles. The van der Waals surface area contributed by atoms with E-state index in [9.17, 15) is 13.6 Å². The summed E-state index contributed by atoms with van der Waals surface area (Å²) in [6, 6.07) is 5.64. The van der Waals surface area contributed by atoms with E-state index in [1.165, 1.54) is 24.5 Å². The van der Waals surface area contributed by atoms with Gasteiger partial charge in [-0.15, -0.1) is 0 Å². The zero-order chi connectivity index (χ0) is 17.1. The first-order valence-corrected chi connectivity index (χ1v) is 7.04. The molecule has 5 nitrogen and oxygen atoms in total. The Morgan fingerprint density at radius 2 is 1.83 bits per heavy atom. The van der Waals surface area contributed by atoms with E-state index in [0.717, 1.165) is 17.8 Å². The van der Waals surface area contributed by atoms with Crippen LogP contribution >= 0.6 is 0 Å². The number of anilines is 1. The van der Waals surface area contributed by atoms with Crippen LogP contribution in [0.5, 0.6) is 0 Å². The molecule has 3 aromatic heterocycles. The van der Waals surface area contributed by atoms with Crippen molar-refractivity contribution in [2.24, 2.45) is 0 Å². The van der Waals surface area contributed by atoms with Crippen molar-refractivity contribution < 1.29 is 13.6 Å². The van der Waals surface area contributed by atoms with E-state index < -0.39 is 17.5 Å². The largest absolute Gasteiger partial charge is 0.305 e. The molecule has 0 radical (unpaired) electrons. The molecule has 0 atom stereocenters. The van der Waals surface area contributed by atoms with E-state index in [4.69, 9.17) is 0 Å². The number of halogens is 2. The Balaban J connectivity index is 1.94. The molecule has 3 rings (SSSR count). The van der Waals surface area contributed by atoms with Gasteiger partial charge in [-0.1, -0.05) is 0 Å². The second-order valence-electron chi connectivity index (χ2n) is 5.03.